The number of pyridine rings is 1. The van der Waals surface area contributed by atoms with Crippen molar-refractivity contribution in [2.75, 3.05) is 33.9 Å². The molecule has 0 saturated carbocycles. The fraction of sp³-hybridized carbons (Fsp3) is 0.292. The summed E-state index contributed by atoms with van der Waals surface area (Å²) in [7, 11) is 3.13. The molecule has 32 heavy (non-hydrogen) atoms. The summed E-state index contributed by atoms with van der Waals surface area (Å²) in [5.74, 6) is 1.07. The number of hydrogen-bond acceptors (Lipinski definition) is 5. The summed E-state index contributed by atoms with van der Waals surface area (Å²) < 4.78 is 10.9. The number of nitrogens with one attached hydrogen (secondary N) is 1. The van der Waals surface area contributed by atoms with E-state index in [0.717, 1.165) is 5.69 Å². The van der Waals surface area contributed by atoms with Crippen LogP contribution in [0.4, 0.5) is 4.79 Å². The van der Waals surface area contributed by atoms with Gasteiger partial charge in [0, 0.05) is 37.0 Å². The molecule has 0 bridgehead atoms. The minimum absolute atomic E-state index is 0.111. The predicted octanol–water partition coefficient (Wildman–Crippen LogP) is 2.69. The van der Waals surface area contributed by atoms with Gasteiger partial charge in [0.25, 0.3) is 5.91 Å². The smallest absolute Gasteiger partial charge is 0.322 e. The normalized spacial score (nSPS) is 17.9. The van der Waals surface area contributed by atoms with E-state index in [1.54, 1.807) is 54.5 Å². The highest BCUT2D eigenvalue weighted by Crippen LogP contribution is 2.40. The average molecular weight is 434 g/mol. The SMILES string of the molecule is C=CCN1C(=O)NC(c2cc(OC)ccc2OC)C2=C1CN(CCc1ccccn1)C2=O. The minimum atomic E-state index is -0.643. The molecular weight excluding hydrogens is 408 g/mol. The van der Waals surface area contributed by atoms with Crippen molar-refractivity contribution in [1.29, 1.82) is 0 Å². The number of benzene rings is 1. The molecule has 0 fully saturated rings. The molecule has 0 radical (unpaired) electrons. The van der Waals surface area contributed by atoms with E-state index in [4.69, 9.17) is 9.47 Å². The number of urea groups is 1. The molecule has 1 aromatic heterocycles. The van der Waals surface area contributed by atoms with Gasteiger partial charge >= 0.3 is 6.03 Å². The highest BCUT2D eigenvalue weighted by molar-refractivity contribution is 6.01. The van der Waals surface area contributed by atoms with Crippen LogP contribution >= 0.6 is 0 Å². The molecule has 8 nitrogen and oxygen atoms in total. The highest BCUT2D eigenvalue weighted by atomic mass is 16.5. The third-order valence-corrected chi connectivity index (χ3v) is 5.72. The zero-order valence-corrected chi connectivity index (χ0v) is 18.2. The van der Waals surface area contributed by atoms with Gasteiger partial charge in [-0.3, -0.25) is 14.7 Å². The molecule has 1 N–H and O–H groups in total. The lowest BCUT2D eigenvalue weighted by Crippen LogP contribution is -2.47. The summed E-state index contributed by atoms with van der Waals surface area (Å²) in [6, 6.07) is 10.2. The van der Waals surface area contributed by atoms with E-state index in [1.807, 2.05) is 18.2 Å². The van der Waals surface area contributed by atoms with Crippen LogP contribution in [0.1, 0.15) is 17.3 Å². The molecule has 166 valence electrons. The lowest BCUT2D eigenvalue weighted by atomic mass is 9.94. The Hall–Kier alpha value is -3.81. The summed E-state index contributed by atoms with van der Waals surface area (Å²) in [6.07, 6.45) is 4.02. The first kappa shape index (κ1) is 21.4. The molecule has 1 unspecified atom stereocenters. The fourth-order valence-corrected chi connectivity index (χ4v) is 4.15. The van der Waals surface area contributed by atoms with Crippen molar-refractivity contribution in [3.05, 3.63) is 77.8 Å². The number of hydrogen-bond donors (Lipinski definition) is 1. The molecule has 2 aromatic rings. The Morgan fingerprint density at radius 2 is 2.06 bits per heavy atom. The lowest BCUT2D eigenvalue weighted by molar-refractivity contribution is -0.125. The van der Waals surface area contributed by atoms with Crippen LogP contribution in [0, 0.1) is 0 Å². The van der Waals surface area contributed by atoms with Crippen LogP contribution in [0.3, 0.4) is 0 Å². The average Bonchev–Trinajstić information content (AvgIpc) is 3.15. The summed E-state index contributed by atoms with van der Waals surface area (Å²) in [5.41, 5.74) is 2.81. The summed E-state index contributed by atoms with van der Waals surface area (Å²) in [5, 5.41) is 2.98. The van der Waals surface area contributed by atoms with Gasteiger partial charge in [-0.2, -0.15) is 0 Å². The molecule has 2 aliphatic heterocycles. The van der Waals surface area contributed by atoms with Crippen LogP contribution in [0.2, 0.25) is 0 Å². The van der Waals surface area contributed by atoms with E-state index in [1.165, 1.54) is 0 Å². The van der Waals surface area contributed by atoms with Crippen molar-refractivity contribution in [3.63, 3.8) is 0 Å². The largest absolute Gasteiger partial charge is 0.497 e. The first-order valence-corrected chi connectivity index (χ1v) is 10.4. The van der Waals surface area contributed by atoms with E-state index in [9.17, 15) is 9.59 Å². The molecule has 1 atom stereocenters. The van der Waals surface area contributed by atoms with Gasteiger partial charge in [-0.25, -0.2) is 4.79 Å². The topological polar surface area (TPSA) is 84.0 Å². The summed E-state index contributed by atoms with van der Waals surface area (Å²) in [6.45, 7) is 4.92. The molecule has 1 aromatic carbocycles. The Morgan fingerprint density at radius 3 is 2.75 bits per heavy atom. The summed E-state index contributed by atoms with van der Waals surface area (Å²) >= 11 is 0. The maximum Gasteiger partial charge on any atom is 0.322 e. The van der Waals surface area contributed by atoms with E-state index in [2.05, 4.69) is 16.9 Å². The van der Waals surface area contributed by atoms with Gasteiger partial charge in [-0.1, -0.05) is 12.1 Å². The van der Waals surface area contributed by atoms with Gasteiger partial charge in [0.1, 0.15) is 11.5 Å². The second-order valence-corrected chi connectivity index (χ2v) is 7.55. The van der Waals surface area contributed by atoms with E-state index >= 15 is 0 Å². The second kappa shape index (κ2) is 9.13. The quantitative estimate of drug-likeness (QED) is 0.646. The Labute approximate surface area is 187 Å². The first-order valence-electron chi connectivity index (χ1n) is 10.4. The number of aromatic nitrogens is 1. The maximum atomic E-state index is 13.5. The van der Waals surface area contributed by atoms with Crippen LogP contribution in [-0.2, 0) is 11.2 Å². The number of carbonyl (C=O) groups is 2. The number of ether oxygens (including phenoxy) is 2. The number of amides is 3. The molecule has 0 saturated heterocycles. The maximum absolute atomic E-state index is 13.5. The molecule has 0 aliphatic carbocycles. The van der Waals surface area contributed by atoms with Gasteiger partial charge in [-0.15, -0.1) is 6.58 Å². The third-order valence-electron chi connectivity index (χ3n) is 5.72. The molecule has 8 heteroatoms. The Bertz CT molecular complexity index is 1070. The Morgan fingerprint density at radius 1 is 1.22 bits per heavy atom. The molecular formula is C24H26N4O4. The van der Waals surface area contributed by atoms with Gasteiger partial charge in [0.2, 0.25) is 0 Å². The second-order valence-electron chi connectivity index (χ2n) is 7.55. The van der Waals surface area contributed by atoms with Crippen LogP contribution in [0.15, 0.2) is 66.5 Å². The van der Waals surface area contributed by atoms with Crippen LogP contribution < -0.4 is 14.8 Å². The highest BCUT2D eigenvalue weighted by Gasteiger charge is 2.44. The molecule has 3 amide bonds. The zero-order valence-electron chi connectivity index (χ0n) is 18.2. The molecule has 4 rings (SSSR count). The standard InChI is InChI=1S/C24H26N4O4/c1-4-12-28-19-15-27(13-10-16-7-5-6-11-25-16)23(29)21(19)22(26-24(28)30)18-14-17(31-2)8-9-20(18)32-3/h4-9,11,14,22H,1,10,12-13,15H2,2-3H3,(H,26,30). The van der Waals surface area contributed by atoms with E-state index in [-0.39, 0.29) is 11.9 Å². The first-order chi connectivity index (χ1) is 15.6. The fourth-order valence-electron chi connectivity index (χ4n) is 4.15. The lowest BCUT2D eigenvalue weighted by Gasteiger charge is -2.33. The Kier molecular flexibility index (Phi) is 6.11. The monoisotopic (exact) mass is 434 g/mol. The van der Waals surface area contributed by atoms with E-state index < -0.39 is 6.04 Å². The van der Waals surface area contributed by atoms with E-state index in [0.29, 0.717) is 54.4 Å². The van der Waals surface area contributed by atoms with Gasteiger partial charge < -0.3 is 19.7 Å². The number of nitrogens with zero attached hydrogens (tertiary/aromatic N) is 3. The van der Waals surface area contributed by atoms with Crippen molar-refractivity contribution in [2.24, 2.45) is 0 Å². The minimum Gasteiger partial charge on any atom is -0.497 e. The van der Waals surface area contributed by atoms with Crippen LogP contribution in [0.5, 0.6) is 11.5 Å². The van der Waals surface area contributed by atoms with Crippen molar-refractivity contribution in [1.82, 2.24) is 20.1 Å². The van der Waals surface area contributed by atoms with Crippen molar-refractivity contribution in [3.8, 4) is 11.5 Å². The number of rotatable bonds is 8. The van der Waals surface area contributed by atoms with Crippen molar-refractivity contribution >= 4 is 11.9 Å². The zero-order chi connectivity index (χ0) is 22.7. The summed E-state index contributed by atoms with van der Waals surface area (Å²) in [4.78, 5) is 34.2. The molecule has 3 heterocycles. The third kappa shape index (κ3) is 3.91. The van der Waals surface area contributed by atoms with Gasteiger partial charge in [0.05, 0.1) is 38.1 Å². The predicted molar refractivity (Wildman–Crippen MR) is 119 cm³/mol. The Balaban J connectivity index is 1.70. The van der Waals surface area contributed by atoms with Gasteiger partial charge in [0.15, 0.2) is 0 Å². The van der Waals surface area contributed by atoms with Crippen molar-refractivity contribution in [2.45, 2.75) is 12.5 Å². The molecule has 0 spiro atoms. The van der Waals surface area contributed by atoms with Crippen LogP contribution in [-0.4, -0.2) is 60.6 Å². The van der Waals surface area contributed by atoms with Crippen LogP contribution in [0.25, 0.3) is 0 Å². The molecule has 2 aliphatic rings. The van der Waals surface area contributed by atoms with Crippen molar-refractivity contribution < 1.29 is 19.1 Å². The number of carbonyl (C=O) groups excluding carboxylic acids is 2. The number of methoxy groups -OCH3 is 2. The van der Waals surface area contributed by atoms with Gasteiger partial charge in [-0.05, 0) is 30.3 Å².